The summed E-state index contributed by atoms with van der Waals surface area (Å²) in [5.74, 6) is 3.53. The van der Waals surface area contributed by atoms with Crippen LogP contribution in [0.25, 0.3) is 42.3 Å². The summed E-state index contributed by atoms with van der Waals surface area (Å²) in [6, 6.07) is 25.6. The molecule has 5 aromatic rings. The van der Waals surface area contributed by atoms with Gasteiger partial charge in [0.1, 0.15) is 7.67 Å². The number of aromatic nitrogens is 2. The second-order valence-corrected chi connectivity index (χ2v) is 27.1. The molecule has 2 aromatic heterocycles. The van der Waals surface area contributed by atoms with Gasteiger partial charge in [0.25, 0.3) is 0 Å². The molecule has 0 bridgehead atoms. The number of ketones is 1. The Kier molecular flexibility index (Phi) is 18.6. The van der Waals surface area contributed by atoms with Crippen molar-refractivity contribution in [1.82, 2.24) is 9.97 Å². The number of benzene rings is 3. The van der Waals surface area contributed by atoms with E-state index in [2.05, 4.69) is 177 Å². The van der Waals surface area contributed by atoms with Gasteiger partial charge < -0.3 is 5.11 Å². The second-order valence-electron chi connectivity index (χ2n) is 21.7. The molecule has 3 aromatic carbocycles. The third-order valence-corrected chi connectivity index (χ3v) is 19.3. The molecule has 0 aliphatic rings. The number of hydrogen-bond acceptors (Lipinski definition) is 5. The maximum absolute atomic E-state index is 12.3. The molecule has 0 unspecified atom stereocenters. The van der Waals surface area contributed by atoms with E-state index in [1.54, 1.807) is 16.5 Å². The van der Waals surface area contributed by atoms with E-state index in [1.165, 1.54) is 39.9 Å². The van der Waals surface area contributed by atoms with Crippen molar-refractivity contribution in [2.24, 2.45) is 58.7 Å². The van der Waals surface area contributed by atoms with Crippen LogP contribution in [0.3, 0.4) is 0 Å². The van der Waals surface area contributed by atoms with Crippen LogP contribution in [0.5, 0.6) is 0 Å². The van der Waals surface area contributed by atoms with Crippen LogP contribution in [0.1, 0.15) is 125 Å². The third-order valence-electron chi connectivity index (χ3n) is 11.8. The van der Waals surface area contributed by atoms with Gasteiger partial charge >= 0.3 is 0 Å². The van der Waals surface area contributed by atoms with Gasteiger partial charge in [-0.1, -0.05) is 177 Å². The van der Waals surface area contributed by atoms with E-state index in [9.17, 15) is 9.90 Å². The molecule has 0 atom stereocenters. The normalized spacial score (nSPS) is 13.3. The Bertz CT molecular complexity index is 2240. The first-order valence-electron chi connectivity index (χ1n) is 23.4. The van der Waals surface area contributed by atoms with E-state index in [1.807, 2.05) is 0 Å². The molecule has 0 amide bonds. The van der Waals surface area contributed by atoms with Crippen LogP contribution in [0.4, 0.5) is 0 Å². The van der Waals surface area contributed by atoms with Crippen LogP contribution < -0.4 is 5.19 Å². The van der Waals surface area contributed by atoms with Gasteiger partial charge in [0, 0.05) is 58.5 Å². The minimum Gasteiger partial charge on any atom is -0.512 e. The summed E-state index contributed by atoms with van der Waals surface area (Å²) in [4.78, 5) is 21.8. The number of aliphatic hydroxyl groups excluding tert-OH is 1. The molecule has 61 heavy (non-hydrogen) atoms. The monoisotopic (exact) mass is 1040 g/mol. The van der Waals surface area contributed by atoms with Gasteiger partial charge in [0.2, 0.25) is 0 Å². The predicted molar refractivity (Wildman–Crippen MR) is 266 cm³/mol. The number of fused-ring (bicyclic) bond motifs is 4. The van der Waals surface area contributed by atoms with Crippen LogP contribution in [0.2, 0.25) is 18.1 Å². The van der Waals surface area contributed by atoms with Crippen LogP contribution in [0, 0.1) is 64.7 Å². The molecule has 0 saturated carbocycles. The maximum Gasteiger partial charge on any atom is 0.162 e. The molecule has 4 nitrogen and oxygen atoms in total. The van der Waals surface area contributed by atoms with E-state index < -0.39 is 8.07 Å². The van der Waals surface area contributed by atoms with Gasteiger partial charge in [0.05, 0.1) is 19.3 Å². The molecule has 7 heteroatoms. The summed E-state index contributed by atoms with van der Waals surface area (Å²) in [5, 5.41) is 15.5. The quantitative estimate of drug-likeness (QED) is 0.0463. The second kappa shape index (κ2) is 22.3. The van der Waals surface area contributed by atoms with Gasteiger partial charge in [-0.05, 0) is 64.9 Å². The minimum atomic E-state index is -1.94. The van der Waals surface area contributed by atoms with Crippen molar-refractivity contribution in [3.8, 4) is 11.3 Å². The molecule has 0 aliphatic carbocycles. The molecular formula is C54H79IrN2O2SSi-. The zero-order valence-electron chi connectivity index (χ0n) is 41.7. The molecule has 1 radical (unpaired) electrons. The molecule has 5 rings (SSSR count). The Morgan fingerprint density at radius 3 is 1.82 bits per heavy atom. The van der Waals surface area contributed by atoms with Crippen molar-refractivity contribution in [3.05, 3.63) is 78.3 Å². The van der Waals surface area contributed by atoms with Crippen LogP contribution in [0.15, 0.2) is 66.7 Å². The Morgan fingerprint density at radius 2 is 1.31 bits per heavy atom. The molecule has 0 fully saturated rings. The summed E-state index contributed by atoms with van der Waals surface area (Å²) in [6.45, 7) is 37.8. The molecule has 337 valence electrons. The number of nitrogens with zero attached hydrogens (tertiary/aromatic N) is 2. The van der Waals surface area contributed by atoms with E-state index >= 15 is 0 Å². The fraction of sp³-hybridized carbons (Fsp3) is 0.574. The Labute approximate surface area is 391 Å². The fourth-order valence-electron chi connectivity index (χ4n) is 10.4. The van der Waals surface area contributed by atoms with Crippen molar-refractivity contribution >= 4 is 61.5 Å². The number of carbonyl (C=O) groups excluding carboxylic acids is 1. The first-order chi connectivity index (χ1) is 28.3. The number of thiophene rings is 1. The first kappa shape index (κ1) is 50.9. The van der Waals surface area contributed by atoms with Crippen LogP contribution >= 0.6 is 11.3 Å². The molecule has 0 spiro atoms. The van der Waals surface area contributed by atoms with E-state index in [0.29, 0.717) is 41.4 Å². The fourth-order valence-corrected chi connectivity index (χ4v) is 18.7. The predicted octanol–water partition coefficient (Wildman–Crippen LogP) is 15.5. The minimum absolute atomic E-state index is 0. The van der Waals surface area contributed by atoms with Gasteiger partial charge in [-0.2, -0.15) is 0 Å². The van der Waals surface area contributed by atoms with E-state index in [0.717, 1.165) is 38.7 Å². The zero-order valence-corrected chi connectivity index (χ0v) is 44.9. The molecule has 0 aliphatic heterocycles. The summed E-state index contributed by atoms with van der Waals surface area (Å²) >= 11 is 1.77. The maximum atomic E-state index is 12.3. The Morgan fingerprint density at radius 1 is 0.770 bits per heavy atom. The zero-order chi connectivity index (χ0) is 45.7. The Balaban J connectivity index is 0.000000435. The van der Waals surface area contributed by atoms with Crippen LogP contribution in [-0.4, -0.2) is 28.9 Å². The van der Waals surface area contributed by atoms with Crippen molar-refractivity contribution < 1.29 is 31.4 Å². The largest absolute Gasteiger partial charge is 0.512 e. The molecule has 2 heterocycles. The molecule has 1 N–H and O–H groups in total. The Hall–Kier alpha value is -2.70. The van der Waals surface area contributed by atoms with Crippen molar-refractivity contribution in [2.75, 3.05) is 0 Å². The number of rotatable bonds is 16. The van der Waals surface area contributed by atoms with Gasteiger partial charge in [-0.15, -0.1) is 40.1 Å². The molecule has 0 saturated heterocycles. The summed E-state index contributed by atoms with van der Waals surface area (Å²) in [5.41, 5.74) is 4.33. The van der Waals surface area contributed by atoms with Crippen molar-refractivity contribution in [2.45, 2.75) is 142 Å². The van der Waals surface area contributed by atoms with Crippen molar-refractivity contribution in [3.63, 3.8) is 0 Å². The summed E-state index contributed by atoms with van der Waals surface area (Å²) in [7, 11) is -1.94. The SMILES string of the molecule is CC(C)C(C(=O)/C=C(\O)C(C(C)C)C(C)C)C(C)C.[2H]c1nc(-c2[c-]c3ccccc3c([Si](CC(C)C)(CC(C)C)CC(C)C)c2)c2sc3cc(CC(C)(C)C)ccc3c2n1.[Ir]. The third kappa shape index (κ3) is 13.6. The van der Waals surface area contributed by atoms with Gasteiger partial charge in [0.15, 0.2) is 5.78 Å². The van der Waals surface area contributed by atoms with E-state index in [-0.39, 0.29) is 55.2 Å². The average molecular weight is 1040 g/mol. The topological polar surface area (TPSA) is 63.1 Å². The average Bonchev–Trinajstić information content (AvgIpc) is 3.46. The van der Waals surface area contributed by atoms with Crippen LogP contribution in [-0.2, 0) is 31.3 Å². The molecular weight excluding hydrogens is 961 g/mol. The van der Waals surface area contributed by atoms with E-state index in [4.69, 9.17) is 6.35 Å². The standard InChI is InChI=1S/C37H47N2SSi.C17H32O2.Ir/c1-24(2)20-41(21-25(3)4,22-26(5)6)33-18-29(17-28-12-10-11-13-30(28)33)34-36-35(39-23-38-34)31-15-14-27(16-32(31)40-36)19-37(7,8)9;1-10(2)16(11(3)4)14(18)9-15(19)17(12(5)6)13(7)8;/h10-16,18,23-26H,19-22H2,1-9H3;9-13,16-18H,1-8H3;/q-1;;/b;14-9-;/i23D;;. The van der Waals surface area contributed by atoms with Crippen molar-refractivity contribution in [1.29, 1.82) is 0 Å². The summed E-state index contributed by atoms with van der Waals surface area (Å²) in [6.07, 6.45) is 2.58. The summed E-state index contributed by atoms with van der Waals surface area (Å²) < 4.78 is 10.9. The smallest absolute Gasteiger partial charge is 0.162 e. The number of aliphatic hydroxyl groups is 1. The van der Waals surface area contributed by atoms with Gasteiger partial charge in [-0.25, -0.2) is 4.98 Å². The first-order valence-corrected chi connectivity index (χ1v) is 26.4. The van der Waals surface area contributed by atoms with Gasteiger partial charge in [-0.3, -0.25) is 9.78 Å². The number of allylic oxidation sites excluding steroid dienone is 2. The number of carbonyl (C=O) groups is 1. The number of hydrogen-bond donors (Lipinski definition) is 1.